The summed E-state index contributed by atoms with van der Waals surface area (Å²) in [6.45, 7) is 3.97. The molecule has 0 saturated heterocycles. The molecule has 0 spiro atoms. The summed E-state index contributed by atoms with van der Waals surface area (Å²) in [5.41, 5.74) is 0.232. The molecule has 4 heteroatoms. The topological polar surface area (TPSA) is 12.0 Å². The van der Waals surface area contributed by atoms with Crippen LogP contribution >= 0.6 is 15.9 Å². The third-order valence-electron chi connectivity index (χ3n) is 3.84. The van der Waals surface area contributed by atoms with Gasteiger partial charge in [0.15, 0.2) is 0 Å². The van der Waals surface area contributed by atoms with Gasteiger partial charge in [-0.05, 0) is 72.3 Å². The van der Waals surface area contributed by atoms with E-state index in [1.54, 1.807) is 0 Å². The third-order valence-corrected chi connectivity index (χ3v) is 4.45. The zero-order valence-corrected chi connectivity index (χ0v) is 12.1. The maximum absolute atomic E-state index is 13.9. The lowest BCUT2D eigenvalue weighted by molar-refractivity contribution is 0.169. The highest BCUT2D eigenvalue weighted by Gasteiger charge is 2.31. The molecule has 0 bridgehead atoms. The van der Waals surface area contributed by atoms with Gasteiger partial charge in [0.1, 0.15) is 11.6 Å². The Hall–Kier alpha value is -0.480. The van der Waals surface area contributed by atoms with Gasteiger partial charge in [-0.1, -0.05) is 6.92 Å². The third kappa shape index (κ3) is 2.91. The van der Waals surface area contributed by atoms with Crippen molar-refractivity contribution < 1.29 is 8.78 Å². The lowest BCUT2D eigenvalue weighted by Gasteiger charge is -2.37. The lowest BCUT2D eigenvalue weighted by Crippen LogP contribution is -2.36. The fraction of sp³-hybridized carbons (Fsp3) is 0.571. The van der Waals surface area contributed by atoms with Crippen LogP contribution in [0.5, 0.6) is 0 Å². The van der Waals surface area contributed by atoms with Crippen molar-refractivity contribution in [2.45, 2.75) is 26.2 Å². The molecule has 0 heterocycles. The van der Waals surface area contributed by atoms with E-state index in [2.05, 4.69) is 28.2 Å². The second kappa shape index (κ2) is 6.11. The number of rotatable bonds is 5. The fourth-order valence-electron chi connectivity index (χ4n) is 2.52. The molecule has 1 aliphatic carbocycles. The Bertz CT molecular complexity index is 423. The molecule has 1 saturated carbocycles. The van der Waals surface area contributed by atoms with E-state index in [0.29, 0.717) is 22.7 Å². The van der Waals surface area contributed by atoms with Crippen molar-refractivity contribution in [3.8, 4) is 0 Å². The minimum Gasteiger partial charge on any atom is -0.317 e. The zero-order chi connectivity index (χ0) is 13.1. The van der Waals surface area contributed by atoms with E-state index in [4.69, 9.17) is 0 Å². The zero-order valence-electron chi connectivity index (χ0n) is 10.5. The Labute approximate surface area is 115 Å². The van der Waals surface area contributed by atoms with Gasteiger partial charge in [0.25, 0.3) is 0 Å². The van der Waals surface area contributed by atoms with E-state index in [0.717, 1.165) is 25.9 Å². The smallest absolute Gasteiger partial charge is 0.143 e. The van der Waals surface area contributed by atoms with Crippen LogP contribution in [0.3, 0.4) is 0 Å². The number of hydrogen-bond donors (Lipinski definition) is 1. The van der Waals surface area contributed by atoms with Crippen LogP contribution < -0.4 is 5.32 Å². The summed E-state index contributed by atoms with van der Waals surface area (Å²) in [7, 11) is 0. The molecule has 2 unspecified atom stereocenters. The molecule has 0 aromatic heterocycles. The summed E-state index contributed by atoms with van der Waals surface area (Å²) in [6, 6.07) is 2.76. The first kappa shape index (κ1) is 13.9. The van der Waals surface area contributed by atoms with Crippen molar-refractivity contribution in [3.63, 3.8) is 0 Å². The Morgan fingerprint density at radius 3 is 2.61 bits per heavy atom. The van der Waals surface area contributed by atoms with Gasteiger partial charge in [-0.2, -0.15) is 0 Å². The number of benzene rings is 1. The van der Waals surface area contributed by atoms with Gasteiger partial charge < -0.3 is 5.32 Å². The van der Waals surface area contributed by atoms with E-state index in [1.807, 2.05) is 0 Å². The molecular weight excluding hydrogens is 300 g/mol. The van der Waals surface area contributed by atoms with Crippen molar-refractivity contribution in [1.82, 2.24) is 5.32 Å². The highest BCUT2D eigenvalue weighted by Crippen LogP contribution is 2.37. The van der Waals surface area contributed by atoms with Gasteiger partial charge >= 0.3 is 0 Å². The Morgan fingerprint density at radius 2 is 2.00 bits per heavy atom. The standard InChI is InChI=1S/C14H18BrF2N/c1-2-18-8-10-4-3-9(10)7-11-13(16)6-5-12(15)14(11)17/h5-6,9-10,18H,2-4,7-8H2,1H3. The normalized spacial score (nSPS) is 22.9. The SMILES string of the molecule is CCNCC1CCC1Cc1c(F)ccc(Br)c1F. The molecule has 18 heavy (non-hydrogen) atoms. The molecule has 2 atom stereocenters. The number of halogens is 3. The van der Waals surface area contributed by atoms with Gasteiger partial charge in [-0.25, -0.2) is 8.78 Å². The molecule has 1 aliphatic rings. The van der Waals surface area contributed by atoms with E-state index in [-0.39, 0.29) is 5.56 Å². The van der Waals surface area contributed by atoms with Gasteiger partial charge in [0.05, 0.1) is 4.47 Å². The van der Waals surface area contributed by atoms with Crippen LogP contribution in [0.2, 0.25) is 0 Å². The second-order valence-electron chi connectivity index (χ2n) is 4.93. The van der Waals surface area contributed by atoms with E-state index in [9.17, 15) is 8.78 Å². The monoisotopic (exact) mass is 317 g/mol. The Morgan fingerprint density at radius 1 is 1.28 bits per heavy atom. The molecule has 1 N–H and O–H groups in total. The summed E-state index contributed by atoms with van der Waals surface area (Å²) >= 11 is 3.11. The quantitative estimate of drug-likeness (QED) is 0.812. The predicted molar refractivity (Wildman–Crippen MR) is 72.5 cm³/mol. The molecule has 1 fully saturated rings. The van der Waals surface area contributed by atoms with Crippen LogP contribution in [-0.2, 0) is 6.42 Å². The summed E-state index contributed by atoms with van der Waals surface area (Å²) in [5.74, 6) is 0.0963. The second-order valence-corrected chi connectivity index (χ2v) is 5.79. The number of nitrogens with one attached hydrogen (secondary N) is 1. The van der Waals surface area contributed by atoms with Crippen molar-refractivity contribution in [2.75, 3.05) is 13.1 Å². The first-order valence-electron chi connectivity index (χ1n) is 6.46. The minimum absolute atomic E-state index is 0.232. The van der Waals surface area contributed by atoms with E-state index in [1.165, 1.54) is 12.1 Å². The van der Waals surface area contributed by atoms with Gasteiger partial charge in [-0.15, -0.1) is 0 Å². The molecule has 100 valence electrons. The van der Waals surface area contributed by atoms with Crippen molar-refractivity contribution in [2.24, 2.45) is 11.8 Å². The van der Waals surface area contributed by atoms with Gasteiger partial charge in [0.2, 0.25) is 0 Å². The lowest BCUT2D eigenvalue weighted by atomic mass is 9.70. The average molecular weight is 318 g/mol. The van der Waals surface area contributed by atoms with Crippen LogP contribution in [0.15, 0.2) is 16.6 Å². The average Bonchev–Trinajstić information content (AvgIpc) is 2.33. The summed E-state index contributed by atoms with van der Waals surface area (Å²) in [5, 5.41) is 3.31. The van der Waals surface area contributed by atoms with Crippen LogP contribution in [0, 0.1) is 23.5 Å². The molecule has 0 radical (unpaired) electrons. The number of hydrogen-bond acceptors (Lipinski definition) is 1. The maximum atomic E-state index is 13.9. The molecule has 0 aliphatic heterocycles. The van der Waals surface area contributed by atoms with Crippen LogP contribution in [0.25, 0.3) is 0 Å². The Balaban J connectivity index is 2.03. The largest absolute Gasteiger partial charge is 0.317 e. The van der Waals surface area contributed by atoms with Crippen LogP contribution in [0.1, 0.15) is 25.3 Å². The van der Waals surface area contributed by atoms with Crippen LogP contribution in [0.4, 0.5) is 8.78 Å². The fourth-order valence-corrected chi connectivity index (χ4v) is 2.90. The summed E-state index contributed by atoms with van der Waals surface area (Å²) in [6.07, 6.45) is 2.74. The van der Waals surface area contributed by atoms with E-state index >= 15 is 0 Å². The molecule has 1 aromatic carbocycles. The first-order chi connectivity index (χ1) is 8.63. The van der Waals surface area contributed by atoms with Crippen LogP contribution in [-0.4, -0.2) is 13.1 Å². The van der Waals surface area contributed by atoms with Gasteiger partial charge in [-0.3, -0.25) is 0 Å². The van der Waals surface area contributed by atoms with Crippen molar-refractivity contribution in [1.29, 1.82) is 0 Å². The Kier molecular flexibility index (Phi) is 4.73. The van der Waals surface area contributed by atoms with E-state index < -0.39 is 11.6 Å². The first-order valence-corrected chi connectivity index (χ1v) is 7.25. The molecular formula is C14H18BrF2N. The summed E-state index contributed by atoms with van der Waals surface area (Å²) in [4.78, 5) is 0. The molecule has 0 amide bonds. The maximum Gasteiger partial charge on any atom is 0.143 e. The highest BCUT2D eigenvalue weighted by molar-refractivity contribution is 9.10. The highest BCUT2D eigenvalue weighted by atomic mass is 79.9. The molecule has 1 nitrogen and oxygen atoms in total. The van der Waals surface area contributed by atoms with Crippen molar-refractivity contribution in [3.05, 3.63) is 33.8 Å². The summed E-state index contributed by atoms with van der Waals surface area (Å²) < 4.78 is 27.9. The predicted octanol–water partition coefficient (Wildman–Crippen LogP) is 3.91. The molecule has 2 rings (SSSR count). The van der Waals surface area contributed by atoms with Gasteiger partial charge in [0, 0.05) is 5.56 Å². The molecule has 1 aromatic rings. The minimum atomic E-state index is -0.441. The van der Waals surface area contributed by atoms with Crippen molar-refractivity contribution >= 4 is 15.9 Å².